The van der Waals surface area contributed by atoms with Gasteiger partial charge in [-0.15, -0.1) is 0 Å². The molecule has 1 aromatic heterocycles. The summed E-state index contributed by atoms with van der Waals surface area (Å²) in [6.07, 6.45) is 2.17. The number of hydrogen-bond acceptors (Lipinski definition) is 0. The highest BCUT2D eigenvalue weighted by atomic mass is 14.9. The highest BCUT2D eigenvalue weighted by Gasteiger charge is 2.20. The van der Waals surface area contributed by atoms with Crippen LogP contribution in [0.1, 0.15) is 31.9 Å². The number of rotatable bonds is 2. The van der Waals surface area contributed by atoms with Crippen molar-refractivity contribution in [1.29, 1.82) is 0 Å². The van der Waals surface area contributed by atoms with Crippen molar-refractivity contribution >= 4 is 0 Å². The Hall–Kier alpha value is -2.41. The molecule has 0 amide bonds. The average molecular weight is 316 g/mol. The molecule has 0 aliphatic heterocycles. The molecule has 0 aliphatic rings. The molecule has 0 fully saturated rings. The zero-order valence-electron chi connectivity index (χ0n) is 15.3. The lowest BCUT2D eigenvalue weighted by Gasteiger charge is -2.19. The minimum absolute atomic E-state index is 0.147. The lowest BCUT2D eigenvalue weighted by atomic mass is 9.86. The van der Waals surface area contributed by atoms with Gasteiger partial charge in [-0.25, -0.2) is 4.57 Å². The molecule has 0 atom stereocenters. The van der Waals surface area contributed by atoms with Gasteiger partial charge in [-0.2, -0.15) is 0 Å². The molecule has 1 nitrogen and oxygen atoms in total. The minimum Gasteiger partial charge on any atom is -0.201 e. The van der Waals surface area contributed by atoms with Crippen LogP contribution in [-0.2, 0) is 12.5 Å². The lowest BCUT2D eigenvalue weighted by molar-refractivity contribution is -0.660. The maximum absolute atomic E-state index is 2.33. The summed E-state index contributed by atoms with van der Waals surface area (Å²) in [5.74, 6) is 0. The molecule has 122 valence electrons. The van der Waals surface area contributed by atoms with E-state index in [9.17, 15) is 0 Å². The van der Waals surface area contributed by atoms with Crippen molar-refractivity contribution in [3.63, 3.8) is 0 Å². The Bertz CT molecular complexity index is 855. The summed E-state index contributed by atoms with van der Waals surface area (Å²) in [5.41, 5.74) is 7.89. The fraction of sp³-hybridized carbons (Fsp3) is 0.261. The molecule has 1 heterocycles. The fourth-order valence-corrected chi connectivity index (χ4v) is 3.01. The number of benzene rings is 2. The van der Waals surface area contributed by atoms with Gasteiger partial charge in [0.15, 0.2) is 6.20 Å². The maximum Gasteiger partial charge on any atom is 0.212 e. The van der Waals surface area contributed by atoms with Gasteiger partial charge in [0, 0.05) is 17.7 Å². The van der Waals surface area contributed by atoms with Crippen LogP contribution in [0.5, 0.6) is 0 Å². The van der Waals surface area contributed by atoms with Crippen LogP contribution in [0.15, 0.2) is 66.9 Å². The van der Waals surface area contributed by atoms with E-state index < -0.39 is 0 Å². The van der Waals surface area contributed by atoms with Crippen LogP contribution < -0.4 is 4.57 Å². The third-order valence-corrected chi connectivity index (χ3v) is 4.64. The van der Waals surface area contributed by atoms with E-state index in [0.29, 0.717) is 0 Å². The van der Waals surface area contributed by atoms with E-state index in [0.717, 1.165) is 0 Å². The molecule has 0 saturated carbocycles. The van der Waals surface area contributed by atoms with Crippen molar-refractivity contribution in [2.75, 3.05) is 0 Å². The van der Waals surface area contributed by atoms with E-state index in [-0.39, 0.29) is 5.41 Å². The molecule has 0 aliphatic carbocycles. The predicted molar refractivity (Wildman–Crippen MR) is 102 cm³/mol. The average Bonchev–Trinajstić information content (AvgIpc) is 2.56. The molecule has 0 saturated heterocycles. The monoisotopic (exact) mass is 316 g/mol. The van der Waals surface area contributed by atoms with Crippen LogP contribution in [0, 0.1) is 6.92 Å². The van der Waals surface area contributed by atoms with Crippen LogP contribution >= 0.6 is 0 Å². The number of aryl methyl sites for hydroxylation is 2. The van der Waals surface area contributed by atoms with E-state index in [1.165, 1.54) is 33.5 Å². The van der Waals surface area contributed by atoms with E-state index in [1.54, 1.807) is 0 Å². The summed E-state index contributed by atoms with van der Waals surface area (Å²) in [4.78, 5) is 0. The Morgan fingerprint density at radius 2 is 1.50 bits per heavy atom. The Balaban J connectivity index is 2.16. The van der Waals surface area contributed by atoms with Gasteiger partial charge in [0.05, 0.1) is 0 Å². The van der Waals surface area contributed by atoms with Gasteiger partial charge < -0.3 is 0 Å². The molecule has 0 unspecified atom stereocenters. The standard InChI is InChI=1S/C23H26N/c1-17-11-12-19(18-9-7-6-8-10-18)15-21(17)22-16-20(23(2,3)4)13-14-24(22)5/h6-16H,1-5H3/q+1. The van der Waals surface area contributed by atoms with Crippen molar-refractivity contribution in [3.05, 3.63) is 78.0 Å². The van der Waals surface area contributed by atoms with E-state index in [2.05, 4.69) is 106 Å². The summed E-state index contributed by atoms with van der Waals surface area (Å²) in [6, 6.07) is 21.9. The second-order valence-corrected chi connectivity index (χ2v) is 7.56. The Morgan fingerprint density at radius 1 is 0.792 bits per heavy atom. The SMILES string of the molecule is Cc1ccc(-c2ccccc2)cc1-c1cc(C(C)(C)C)cc[n+]1C. The Kier molecular flexibility index (Phi) is 4.28. The van der Waals surface area contributed by atoms with Gasteiger partial charge in [-0.05, 0) is 40.7 Å². The molecule has 0 N–H and O–H groups in total. The Morgan fingerprint density at radius 3 is 2.17 bits per heavy atom. The summed E-state index contributed by atoms with van der Waals surface area (Å²) in [6.45, 7) is 8.98. The first-order chi connectivity index (χ1) is 11.4. The molecule has 0 bridgehead atoms. The number of nitrogens with zero attached hydrogens (tertiary/aromatic N) is 1. The molecule has 2 aromatic carbocycles. The number of aromatic nitrogens is 1. The Labute approximate surface area is 145 Å². The summed E-state index contributed by atoms with van der Waals surface area (Å²) in [7, 11) is 2.12. The van der Waals surface area contributed by atoms with Gasteiger partial charge in [0.1, 0.15) is 7.05 Å². The van der Waals surface area contributed by atoms with E-state index in [1.807, 2.05) is 0 Å². The topological polar surface area (TPSA) is 3.88 Å². The zero-order chi connectivity index (χ0) is 17.3. The van der Waals surface area contributed by atoms with Crippen LogP contribution in [-0.4, -0.2) is 0 Å². The van der Waals surface area contributed by atoms with Gasteiger partial charge in [0.2, 0.25) is 5.69 Å². The largest absolute Gasteiger partial charge is 0.212 e. The highest BCUT2D eigenvalue weighted by molar-refractivity contribution is 5.73. The first-order valence-electron chi connectivity index (χ1n) is 8.53. The number of pyridine rings is 1. The predicted octanol–water partition coefficient (Wildman–Crippen LogP) is 5.45. The molecule has 3 aromatic rings. The molecular weight excluding hydrogens is 290 g/mol. The van der Waals surface area contributed by atoms with Crippen LogP contribution in [0.2, 0.25) is 0 Å². The van der Waals surface area contributed by atoms with Crippen LogP contribution in [0.25, 0.3) is 22.4 Å². The number of hydrogen-bond donors (Lipinski definition) is 0. The van der Waals surface area contributed by atoms with Crippen molar-refractivity contribution in [2.24, 2.45) is 7.05 Å². The molecule has 0 radical (unpaired) electrons. The zero-order valence-corrected chi connectivity index (χ0v) is 15.3. The fourth-order valence-electron chi connectivity index (χ4n) is 3.01. The second kappa shape index (κ2) is 6.24. The summed E-state index contributed by atoms with van der Waals surface area (Å²) < 4.78 is 2.21. The minimum atomic E-state index is 0.147. The third kappa shape index (κ3) is 3.26. The summed E-state index contributed by atoms with van der Waals surface area (Å²) >= 11 is 0. The molecule has 3 rings (SSSR count). The van der Waals surface area contributed by atoms with Crippen molar-refractivity contribution in [3.8, 4) is 22.4 Å². The van der Waals surface area contributed by atoms with Gasteiger partial charge >= 0.3 is 0 Å². The molecule has 24 heavy (non-hydrogen) atoms. The normalized spacial score (nSPS) is 11.5. The molecular formula is C23H26N+. The van der Waals surface area contributed by atoms with Crippen LogP contribution in [0.4, 0.5) is 0 Å². The van der Waals surface area contributed by atoms with E-state index >= 15 is 0 Å². The van der Waals surface area contributed by atoms with Crippen LogP contribution in [0.3, 0.4) is 0 Å². The highest BCUT2D eigenvalue weighted by Crippen LogP contribution is 2.30. The lowest BCUT2D eigenvalue weighted by Crippen LogP contribution is -2.31. The van der Waals surface area contributed by atoms with Gasteiger partial charge in [0.25, 0.3) is 0 Å². The molecule has 0 spiro atoms. The first kappa shape index (κ1) is 16.4. The van der Waals surface area contributed by atoms with Gasteiger partial charge in [-0.3, -0.25) is 0 Å². The van der Waals surface area contributed by atoms with Crippen molar-refractivity contribution in [2.45, 2.75) is 33.1 Å². The summed E-state index contributed by atoms with van der Waals surface area (Å²) in [5, 5.41) is 0. The van der Waals surface area contributed by atoms with Gasteiger partial charge in [-0.1, -0.05) is 63.2 Å². The maximum atomic E-state index is 2.33. The van der Waals surface area contributed by atoms with Crippen molar-refractivity contribution < 1.29 is 4.57 Å². The first-order valence-corrected chi connectivity index (χ1v) is 8.53. The quantitative estimate of drug-likeness (QED) is 0.553. The smallest absolute Gasteiger partial charge is 0.201 e. The van der Waals surface area contributed by atoms with Crippen molar-refractivity contribution in [1.82, 2.24) is 0 Å². The third-order valence-electron chi connectivity index (χ3n) is 4.64. The van der Waals surface area contributed by atoms with E-state index in [4.69, 9.17) is 0 Å². The molecule has 1 heteroatoms. The second-order valence-electron chi connectivity index (χ2n) is 7.56.